The summed E-state index contributed by atoms with van der Waals surface area (Å²) in [6.45, 7) is 14.3. The minimum Gasteiger partial charge on any atom is -0.494 e. The quantitative estimate of drug-likeness (QED) is 0.247. The molecule has 6 atom stereocenters. The molecule has 3 saturated heterocycles. The number of amides is 3. The smallest absolute Gasteiger partial charge is 0.251 e. The van der Waals surface area contributed by atoms with Crippen LogP contribution in [0.4, 0.5) is 11.4 Å². The van der Waals surface area contributed by atoms with E-state index in [1.807, 2.05) is 73.7 Å². The SMILES string of the molecule is C=CCN(C(=O)C1N([C@H](C)CO)C(=O)[C@@H]2[C@H](C(=O)N(CC=C)c3ccc(OCC)cc3)[C@]3(C)CCC12S3)c1ccc2ccccc2c1. The number of ether oxygens (including phenoxy) is 1. The first-order valence-electron chi connectivity index (χ1n) is 16.3. The highest BCUT2D eigenvalue weighted by Crippen LogP contribution is 2.72. The van der Waals surface area contributed by atoms with Crippen LogP contribution in [0.1, 0.15) is 33.6 Å². The molecule has 9 heteroatoms. The molecule has 3 aromatic rings. The lowest BCUT2D eigenvalue weighted by atomic mass is 9.66. The Morgan fingerprint density at radius 1 is 1.00 bits per heavy atom. The summed E-state index contributed by atoms with van der Waals surface area (Å²) in [5, 5.41) is 12.4. The summed E-state index contributed by atoms with van der Waals surface area (Å²) < 4.78 is 4.23. The predicted octanol–water partition coefficient (Wildman–Crippen LogP) is 5.84. The van der Waals surface area contributed by atoms with Crippen LogP contribution in [-0.4, -0.2) is 75.6 Å². The molecular formula is C38H43N3O5S. The zero-order valence-electron chi connectivity index (χ0n) is 27.3. The number of benzene rings is 3. The summed E-state index contributed by atoms with van der Waals surface area (Å²) in [5.74, 6) is -1.32. The Balaban J connectivity index is 1.42. The molecule has 47 heavy (non-hydrogen) atoms. The number of aliphatic hydroxyl groups excluding tert-OH is 1. The summed E-state index contributed by atoms with van der Waals surface area (Å²) in [6, 6.07) is 19.8. The molecule has 246 valence electrons. The van der Waals surface area contributed by atoms with Crippen molar-refractivity contribution in [3.63, 3.8) is 0 Å². The van der Waals surface area contributed by atoms with Crippen LogP contribution >= 0.6 is 11.8 Å². The maximum absolute atomic E-state index is 15.0. The second kappa shape index (κ2) is 12.8. The van der Waals surface area contributed by atoms with Gasteiger partial charge in [0.2, 0.25) is 11.8 Å². The summed E-state index contributed by atoms with van der Waals surface area (Å²) in [4.78, 5) is 49.3. The fraction of sp³-hybridized carbons (Fsp3) is 0.395. The lowest BCUT2D eigenvalue weighted by Gasteiger charge is -2.39. The van der Waals surface area contributed by atoms with Crippen molar-refractivity contribution in [2.24, 2.45) is 11.8 Å². The third kappa shape index (κ3) is 5.33. The minimum absolute atomic E-state index is 0.161. The van der Waals surface area contributed by atoms with Gasteiger partial charge in [0, 0.05) is 29.2 Å². The second-order valence-electron chi connectivity index (χ2n) is 12.9. The highest BCUT2D eigenvalue weighted by molar-refractivity contribution is 8.02. The number of likely N-dealkylation sites (tertiary alicyclic amines) is 1. The van der Waals surface area contributed by atoms with Crippen molar-refractivity contribution < 1.29 is 24.2 Å². The van der Waals surface area contributed by atoms with Crippen LogP contribution in [-0.2, 0) is 14.4 Å². The Morgan fingerprint density at radius 2 is 1.64 bits per heavy atom. The summed E-state index contributed by atoms with van der Waals surface area (Å²) in [7, 11) is 0. The normalized spacial score (nSPS) is 26.6. The van der Waals surface area contributed by atoms with Crippen LogP contribution in [0.5, 0.6) is 5.75 Å². The van der Waals surface area contributed by atoms with Crippen molar-refractivity contribution in [1.82, 2.24) is 4.90 Å². The van der Waals surface area contributed by atoms with Gasteiger partial charge in [-0.2, -0.15) is 0 Å². The van der Waals surface area contributed by atoms with Crippen molar-refractivity contribution in [2.45, 2.75) is 55.2 Å². The minimum atomic E-state index is -0.864. The number of hydrogen-bond acceptors (Lipinski definition) is 6. The van der Waals surface area contributed by atoms with Gasteiger partial charge in [-0.1, -0.05) is 42.5 Å². The number of hydrogen-bond donors (Lipinski definition) is 1. The van der Waals surface area contributed by atoms with Crippen LogP contribution in [0.25, 0.3) is 10.8 Å². The van der Waals surface area contributed by atoms with Gasteiger partial charge in [0.25, 0.3) is 5.91 Å². The van der Waals surface area contributed by atoms with E-state index >= 15 is 0 Å². The van der Waals surface area contributed by atoms with Gasteiger partial charge in [-0.25, -0.2) is 0 Å². The molecule has 1 spiro atoms. The van der Waals surface area contributed by atoms with E-state index < -0.39 is 33.4 Å². The van der Waals surface area contributed by atoms with Gasteiger partial charge < -0.3 is 24.5 Å². The maximum atomic E-state index is 15.0. The van der Waals surface area contributed by atoms with Crippen LogP contribution < -0.4 is 14.5 Å². The number of carbonyl (C=O) groups is 3. The molecule has 3 heterocycles. The fourth-order valence-corrected chi connectivity index (χ4v) is 10.4. The molecule has 3 aliphatic rings. The Labute approximate surface area is 281 Å². The molecular weight excluding hydrogens is 611 g/mol. The van der Waals surface area contributed by atoms with E-state index in [1.165, 1.54) is 0 Å². The molecule has 2 bridgehead atoms. The number of anilines is 2. The number of carbonyl (C=O) groups excluding carboxylic acids is 3. The van der Waals surface area contributed by atoms with Crippen LogP contribution in [0.3, 0.4) is 0 Å². The van der Waals surface area contributed by atoms with Gasteiger partial charge in [0.05, 0.1) is 35.8 Å². The van der Waals surface area contributed by atoms with Crippen molar-refractivity contribution in [3.05, 3.63) is 92.0 Å². The molecule has 0 aromatic heterocycles. The van der Waals surface area contributed by atoms with E-state index in [1.54, 1.807) is 45.5 Å². The third-order valence-corrected chi connectivity index (χ3v) is 12.1. The van der Waals surface area contributed by atoms with Gasteiger partial charge in [-0.05, 0) is 80.8 Å². The van der Waals surface area contributed by atoms with E-state index in [9.17, 15) is 19.5 Å². The first kappa shape index (κ1) is 32.8. The zero-order chi connectivity index (χ0) is 33.5. The first-order valence-corrected chi connectivity index (χ1v) is 17.1. The van der Waals surface area contributed by atoms with Crippen molar-refractivity contribution in [1.29, 1.82) is 0 Å². The Kier molecular flexibility index (Phi) is 8.98. The zero-order valence-corrected chi connectivity index (χ0v) is 28.1. The van der Waals surface area contributed by atoms with E-state index in [2.05, 4.69) is 20.1 Å². The van der Waals surface area contributed by atoms with E-state index in [0.717, 1.165) is 10.8 Å². The van der Waals surface area contributed by atoms with Crippen LogP contribution in [0.2, 0.25) is 0 Å². The topological polar surface area (TPSA) is 90.4 Å². The Morgan fingerprint density at radius 3 is 2.28 bits per heavy atom. The number of aliphatic hydroxyl groups is 1. The van der Waals surface area contributed by atoms with Crippen molar-refractivity contribution in [3.8, 4) is 5.75 Å². The highest BCUT2D eigenvalue weighted by Gasteiger charge is 2.78. The molecule has 6 rings (SSSR count). The van der Waals surface area contributed by atoms with Gasteiger partial charge in [-0.3, -0.25) is 14.4 Å². The number of nitrogens with zero attached hydrogens (tertiary/aromatic N) is 3. The largest absolute Gasteiger partial charge is 0.494 e. The average molecular weight is 654 g/mol. The molecule has 1 N–H and O–H groups in total. The van der Waals surface area contributed by atoms with Crippen LogP contribution in [0, 0.1) is 11.8 Å². The summed E-state index contributed by atoms with van der Waals surface area (Å²) in [5.41, 5.74) is 1.40. The lowest BCUT2D eigenvalue weighted by molar-refractivity contribution is -0.142. The van der Waals surface area contributed by atoms with Crippen LogP contribution in [0.15, 0.2) is 92.0 Å². The molecule has 2 unspecified atom stereocenters. The first-order chi connectivity index (χ1) is 22.6. The fourth-order valence-electron chi connectivity index (χ4n) is 8.03. The van der Waals surface area contributed by atoms with Gasteiger partial charge in [0.1, 0.15) is 11.8 Å². The van der Waals surface area contributed by atoms with Gasteiger partial charge >= 0.3 is 0 Å². The molecule has 0 aliphatic carbocycles. The number of fused-ring (bicyclic) bond motifs is 2. The second-order valence-corrected chi connectivity index (χ2v) is 14.8. The van der Waals surface area contributed by atoms with Crippen molar-refractivity contribution in [2.75, 3.05) is 36.1 Å². The van der Waals surface area contributed by atoms with Crippen molar-refractivity contribution >= 4 is 51.6 Å². The summed E-state index contributed by atoms with van der Waals surface area (Å²) in [6.07, 6.45) is 4.68. The molecule has 3 amide bonds. The van der Waals surface area contributed by atoms with Gasteiger partial charge in [-0.15, -0.1) is 24.9 Å². The van der Waals surface area contributed by atoms with Gasteiger partial charge in [0.15, 0.2) is 0 Å². The molecule has 0 saturated carbocycles. The standard InChI is InChI=1S/C38H43N3O5S/c1-6-21-39(28-15-17-30(18-16-28)46-8-3)34(43)31-32-35(44)41(25(4)24-42)33(38(32)20-19-37(31,5)47-38)36(45)40(22-7-2)29-14-13-26-11-9-10-12-27(26)23-29/h6-7,9-18,23,25,31-33,42H,1-2,8,19-22,24H2,3-5H3/t25-,31-,32+,33?,37+,38?/m1/s1. The molecule has 3 fully saturated rings. The summed E-state index contributed by atoms with van der Waals surface area (Å²) >= 11 is 1.62. The maximum Gasteiger partial charge on any atom is 0.251 e. The monoisotopic (exact) mass is 653 g/mol. The molecule has 3 aromatic carbocycles. The molecule has 8 nitrogen and oxygen atoms in total. The Hall–Kier alpha value is -4.08. The Bertz CT molecular complexity index is 1710. The highest BCUT2D eigenvalue weighted by atomic mass is 32.2. The molecule has 3 aliphatic heterocycles. The third-order valence-electron chi connectivity index (χ3n) is 10.1. The van der Waals surface area contributed by atoms with E-state index in [0.29, 0.717) is 36.6 Å². The van der Waals surface area contributed by atoms with E-state index in [-0.39, 0.29) is 37.4 Å². The average Bonchev–Trinajstić information content (AvgIpc) is 3.66. The number of rotatable bonds is 12. The molecule has 0 radical (unpaired) electrons. The lowest BCUT2D eigenvalue weighted by Crippen LogP contribution is -2.57. The van der Waals surface area contributed by atoms with E-state index in [4.69, 9.17) is 4.74 Å². The number of thioether (sulfide) groups is 1. The predicted molar refractivity (Wildman–Crippen MR) is 189 cm³/mol.